The van der Waals surface area contributed by atoms with Crippen LogP contribution in [0.5, 0.6) is 0 Å². The lowest BCUT2D eigenvalue weighted by atomic mass is 9.96. The molecule has 1 saturated carbocycles. The van der Waals surface area contributed by atoms with E-state index in [-0.39, 0.29) is 17.1 Å². The summed E-state index contributed by atoms with van der Waals surface area (Å²) in [6, 6.07) is 7.88. The highest BCUT2D eigenvalue weighted by Gasteiger charge is 2.15. The van der Waals surface area contributed by atoms with Crippen LogP contribution in [-0.4, -0.2) is 17.1 Å². The number of nitrogens with zero attached hydrogens (tertiary/aromatic N) is 1. The highest BCUT2D eigenvalue weighted by atomic mass is 35.5. The number of pyridine rings is 1. The lowest BCUT2D eigenvalue weighted by Crippen LogP contribution is -2.39. The average Bonchev–Trinajstić information content (AvgIpc) is 2.61. The minimum Gasteiger partial charge on any atom is -0.340 e. The molecule has 7 heteroatoms. The zero-order chi connectivity index (χ0) is 17.6. The lowest BCUT2D eigenvalue weighted by Gasteiger charge is -2.22. The first-order valence-corrected chi connectivity index (χ1v) is 8.73. The van der Waals surface area contributed by atoms with E-state index in [9.17, 15) is 9.18 Å². The molecule has 0 spiro atoms. The Hall–Kier alpha value is -2.34. The molecule has 0 bridgehead atoms. The van der Waals surface area contributed by atoms with Gasteiger partial charge in [0.2, 0.25) is 0 Å². The number of halogens is 2. The van der Waals surface area contributed by atoms with E-state index < -0.39 is 5.82 Å². The van der Waals surface area contributed by atoms with E-state index in [1.807, 2.05) is 0 Å². The van der Waals surface area contributed by atoms with Crippen molar-refractivity contribution in [2.75, 3.05) is 10.6 Å². The van der Waals surface area contributed by atoms with Crippen molar-refractivity contribution in [2.24, 2.45) is 0 Å². The van der Waals surface area contributed by atoms with Gasteiger partial charge in [-0.2, -0.15) is 0 Å². The van der Waals surface area contributed by atoms with E-state index in [0.29, 0.717) is 17.2 Å². The van der Waals surface area contributed by atoms with E-state index in [4.69, 9.17) is 11.6 Å². The minimum absolute atomic E-state index is 0.0441. The van der Waals surface area contributed by atoms with Gasteiger partial charge in [-0.25, -0.2) is 14.2 Å². The summed E-state index contributed by atoms with van der Waals surface area (Å²) in [5, 5.41) is 8.85. The normalized spacial score (nSPS) is 14.8. The van der Waals surface area contributed by atoms with Gasteiger partial charge in [-0.3, -0.25) is 0 Å². The summed E-state index contributed by atoms with van der Waals surface area (Å²) in [5.74, 6) is 0.101. The van der Waals surface area contributed by atoms with Crippen molar-refractivity contribution >= 4 is 34.8 Å². The molecule has 1 aromatic carbocycles. The summed E-state index contributed by atoms with van der Waals surface area (Å²) in [6.45, 7) is 0. The molecule has 2 aromatic rings. The number of aromatic nitrogens is 1. The number of hydrogen-bond donors (Lipinski definition) is 3. The third kappa shape index (κ3) is 5.06. The Kier molecular flexibility index (Phi) is 5.71. The number of carbonyl (C=O) groups is 1. The zero-order valence-electron chi connectivity index (χ0n) is 13.7. The molecule has 1 fully saturated rings. The van der Waals surface area contributed by atoms with Crippen molar-refractivity contribution in [1.82, 2.24) is 10.3 Å². The number of benzene rings is 1. The first kappa shape index (κ1) is 17.5. The largest absolute Gasteiger partial charge is 0.340 e. The Morgan fingerprint density at radius 2 is 1.88 bits per heavy atom. The molecule has 0 radical (unpaired) electrons. The van der Waals surface area contributed by atoms with Gasteiger partial charge in [0.15, 0.2) is 0 Å². The molecule has 0 unspecified atom stereocenters. The van der Waals surface area contributed by atoms with E-state index in [1.165, 1.54) is 31.4 Å². The molecule has 0 atom stereocenters. The van der Waals surface area contributed by atoms with Gasteiger partial charge in [-0.05, 0) is 43.2 Å². The van der Waals surface area contributed by atoms with Crippen LogP contribution in [0.3, 0.4) is 0 Å². The maximum absolute atomic E-state index is 13.2. The first-order chi connectivity index (χ1) is 12.1. The van der Waals surface area contributed by atoms with Crippen LogP contribution in [0.25, 0.3) is 0 Å². The predicted octanol–water partition coefficient (Wildman–Crippen LogP) is 5.07. The monoisotopic (exact) mass is 362 g/mol. The molecular formula is C18H20ClFN4O. The topological polar surface area (TPSA) is 66.0 Å². The van der Waals surface area contributed by atoms with Crippen molar-refractivity contribution in [3.8, 4) is 0 Å². The number of rotatable bonds is 4. The molecule has 5 nitrogen and oxygen atoms in total. The smallest absolute Gasteiger partial charge is 0.319 e. The second-order valence-corrected chi connectivity index (χ2v) is 6.53. The van der Waals surface area contributed by atoms with Crippen LogP contribution in [0.4, 0.5) is 26.4 Å². The summed E-state index contributed by atoms with van der Waals surface area (Å²) in [5.41, 5.74) is 1.24. The van der Waals surface area contributed by atoms with E-state index in [2.05, 4.69) is 20.9 Å². The molecule has 0 aliphatic heterocycles. The Morgan fingerprint density at radius 3 is 2.56 bits per heavy atom. The molecule has 25 heavy (non-hydrogen) atoms. The van der Waals surface area contributed by atoms with Crippen molar-refractivity contribution < 1.29 is 9.18 Å². The lowest BCUT2D eigenvalue weighted by molar-refractivity contribution is 0.244. The summed E-state index contributed by atoms with van der Waals surface area (Å²) in [7, 11) is 0. The van der Waals surface area contributed by atoms with Gasteiger partial charge in [-0.15, -0.1) is 0 Å². The fourth-order valence-electron chi connectivity index (χ4n) is 2.86. The third-order valence-electron chi connectivity index (χ3n) is 4.15. The van der Waals surface area contributed by atoms with Crippen LogP contribution < -0.4 is 16.0 Å². The van der Waals surface area contributed by atoms with Crippen molar-refractivity contribution in [2.45, 2.75) is 38.1 Å². The number of carbonyl (C=O) groups excluding carboxylic acids is 1. The standard InChI is InChI=1S/C18H20ClFN4O/c19-15-10-13(6-8-16(15)20)22-17-9-7-14(11-21-17)24-18(25)23-12-4-2-1-3-5-12/h6-12H,1-5H2,(H,21,22)(H2,23,24,25). The van der Waals surface area contributed by atoms with Crippen LogP contribution >= 0.6 is 11.6 Å². The molecule has 1 aliphatic rings. The summed E-state index contributed by atoms with van der Waals surface area (Å²) in [6.07, 6.45) is 7.22. The quantitative estimate of drug-likeness (QED) is 0.711. The van der Waals surface area contributed by atoms with Crippen LogP contribution in [-0.2, 0) is 0 Å². The number of urea groups is 1. The molecule has 1 heterocycles. The Balaban J connectivity index is 1.54. The summed E-state index contributed by atoms with van der Waals surface area (Å²) in [4.78, 5) is 16.2. The molecule has 1 aliphatic carbocycles. The van der Waals surface area contributed by atoms with E-state index in [1.54, 1.807) is 24.4 Å². The molecule has 0 saturated heterocycles. The Labute approximate surface area is 151 Å². The van der Waals surface area contributed by atoms with Gasteiger partial charge in [0, 0.05) is 11.7 Å². The predicted molar refractivity (Wildman–Crippen MR) is 98.0 cm³/mol. The number of nitrogens with one attached hydrogen (secondary N) is 3. The van der Waals surface area contributed by atoms with Gasteiger partial charge in [-0.1, -0.05) is 30.9 Å². The van der Waals surface area contributed by atoms with Gasteiger partial charge in [0.05, 0.1) is 16.9 Å². The van der Waals surface area contributed by atoms with E-state index >= 15 is 0 Å². The maximum Gasteiger partial charge on any atom is 0.319 e. The Morgan fingerprint density at radius 1 is 1.12 bits per heavy atom. The SMILES string of the molecule is O=C(Nc1ccc(Nc2ccc(F)c(Cl)c2)nc1)NC1CCCCC1. The average molecular weight is 363 g/mol. The van der Waals surface area contributed by atoms with Gasteiger partial charge in [0.25, 0.3) is 0 Å². The van der Waals surface area contributed by atoms with Gasteiger partial charge in [0.1, 0.15) is 11.6 Å². The number of anilines is 3. The fourth-order valence-corrected chi connectivity index (χ4v) is 3.04. The fraction of sp³-hybridized carbons (Fsp3) is 0.333. The summed E-state index contributed by atoms with van der Waals surface area (Å²) < 4.78 is 13.2. The highest BCUT2D eigenvalue weighted by Crippen LogP contribution is 2.22. The number of amides is 2. The molecule has 3 N–H and O–H groups in total. The highest BCUT2D eigenvalue weighted by molar-refractivity contribution is 6.31. The van der Waals surface area contributed by atoms with Crippen LogP contribution in [0, 0.1) is 5.82 Å². The Bertz CT molecular complexity index is 732. The molecule has 2 amide bonds. The molecule has 132 valence electrons. The number of hydrogen-bond acceptors (Lipinski definition) is 3. The molecule has 1 aromatic heterocycles. The van der Waals surface area contributed by atoms with Gasteiger partial charge < -0.3 is 16.0 Å². The second-order valence-electron chi connectivity index (χ2n) is 6.12. The second kappa shape index (κ2) is 8.16. The van der Waals surface area contributed by atoms with Gasteiger partial charge >= 0.3 is 6.03 Å². The van der Waals surface area contributed by atoms with Crippen molar-refractivity contribution in [3.63, 3.8) is 0 Å². The summed E-state index contributed by atoms with van der Waals surface area (Å²) >= 11 is 5.75. The van der Waals surface area contributed by atoms with Crippen LogP contribution in [0.2, 0.25) is 5.02 Å². The van der Waals surface area contributed by atoms with Crippen molar-refractivity contribution in [3.05, 3.63) is 47.4 Å². The van der Waals surface area contributed by atoms with E-state index in [0.717, 1.165) is 12.8 Å². The van der Waals surface area contributed by atoms with Crippen molar-refractivity contribution in [1.29, 1.82) is 0 Å². The van der Waals surface area contributed by atoms with Crippen LogP contribution in [0.1, 0.15) is 32.1 Å². The maximum atomic E-state index is 13.2. The zero-order valence-corrected chi connectivity index (χ0v) is 14.4. The first-order valence-electron chi connectivity index (χ1n) is 8.36. The van der Waals surface area contributed by atoms with Crippen LogP contribution in [0.15, 0.2) is 36.5 Å². The third-order valence-corrected chi connectivity index (χ3v) is 4.44. The molecular weight excluding hydrogens is 343 g/mol. The molecule has 3 rings (SSSR count). The minimum atomic E-state index is -0.469.